The highest BCUT2D eigenvalue weighted by molar-refractivity contribution is 6.31. The average Bonchev–Trinajstić information content (AvgIpc) is 3.09. The molecule has 0 bridgehead atoms. The lowest BCUT2D eigenvalue weighted by atomic mass is 10.0. The number of amides is 1. The van der Waals surface area contributed by atoms with E-state index in [1.54, 1.807) is 0 Å². The van der Waals surface area contributed by atoms with E-state index in [0.29, 0.717) is 19.3 Å². The molecule has 136 valence electrons. The van der Waals surface area contributed by atoms with E-state index in [4.69, 9.17) is 16.7 Å². The maximum atomic E-state index is 12.4. The Morgan fingerprint density at radius 3 is 2.44 bits per heavy atom. The van der Waals surface area contributed by atoms with E-state index in [2.05, 4.69) is 16.3 Å². The summed E-state index contributed by atoms with van der Waals surface area (Å²) in [7, 11) is 0. The Kier molecular flexibility index (Phi) is 5.97. The fourth-order valence-corrected chi connectivity index (χ4v) is 4.06. The lowest BCUT2D eigenvalue weighted by Gasteiger charge is -2.33. The fourth-order valence-electron chi connectivity index (χ4n) is 3.87. The fraction of sp³-hybridized carbons (Fsp3) is 0.579. The number of halogens is 1. The molecule has 0 spiro atoms. The second-order valence-corrected chi connectivity index (χ2v) is 7.60. The van der Waals surface area contributed by atoms with E-state index in [1.165, 1.54) is 0 Å². The molecule has 1 saturated heterocycles. The lowest BCUT2D eigenvalue weighted by molar-refractivity contribution is -0.141. The first-order chi connectivity index (χ1) is 12.0. The van der Waals surface area contributed by atoms with Crippen molar-refractivity contribution in [3.63, 3.8) is 0 Å². The normalized spacial score (nSPS) is 25.0. The SMILES string of the molecule is O=C(O)[C@H]1CC[C@@H](C(=O)NC2CCN(Cc3ccccc3Cl)CC2)C1. The van der Waals surface area contributed by atoms with Gasteiger partial charge in [0.1, 0.15) is 0 Å². The van der Waals surface area contributed by atoms with Gasteiger partial charge >= 0.3 is 5.97 Å². The highest BCUT2D eigenvalue weighted by atomic mass is 35.5. The first kappa shape index (κ1) is 18.2. The molecule has 6 heteroatoms. The molecule has 2 fully saturated rings. The highest BCUT2D eigenvalue weighted by Crippen LogP contribution is 2.31. The molecule has 25 heavy (non-hydrogen) atoms. The molecule has 1 aromatic rings. The van der Waals surface area contributed by atoms with Crippen LogP contribution >= 0.6 is 11.6 Å². The van der Waals surface area contributed by atoms with Crippen molar-refractivity contribution in [2.24, 2.45) is 11.8 Å². The van der Waals surface area contributed by atoms with Gasteiger partial charge in [-0.15, -0.1) is 0 Å². The number of carboxylic acids is 1. The van der Waals surface area contributed by atoms with Gasteiger partial charge < -0.3 is 10.4 Å². The molecule has 2 N–H and O–H groups in total. The summed E-state index contributed by atoms with van der Waals surface area (Å²) in [4.78, 5) is 25.7. The number of rotatable bonds is 5. The molecule has 3 rings (SSSR count). The Balaban J connectivity index is 1.43. The highest BCUT2D eigenvalue weighted by Gasteiger charge is 2.34. The summed E-state index contributed by atoms with van der Waals surface area (Å²) in [5, 5.41) is 13.0. The standard InChI is InChI=1S/C19H25ClN2O3/c20-17-4-2-1-3-15(17)12-22-9-7-16(8-10-22)21-18(23)13-5-6-14(11-13)19(24)25/h1-4,13-14,16H,5-12H2,(H,21,23)(H,24,25)/t13-,14+/m1/s1. The van der Waals surface area contributed by atoms with Gasteiger partial charge in [-0.3, -0.25) is 14.5 Å². The summed E-state index contributed by atoms with van der Waals surface area (Å²) in [5.74, 6) is -1.23. The Labute approximate surface area is 153 Å². The monoisotopic (exact) mass is 364 g/mol. The number of carbonyl (C=O) groups is 2. The third-order valence-corrected chi connectivity index (χ3v) is 5.81. The van der Waals surface area contributed by atoms with Crippen LogP contribution in [0.4, 0.5) is 0 Å². The number of carboxylic acid groups (broad SMARTS) is 1. The van der Waals surface area contributed by atoms with E-state index in [0.717, 1.165) is 43.1 Å². The van der Waals surface area contributed by atoms with E-state index >= 15 is 0 Å². The van der Waals surface area contributed by atoms with Gasteiger partial charge in [0.15, 0.2) is 0 Å². The number of piperidine rings is 1. The van der Waals surface area contributed by atoms with Crippen LogP contribution in [0.15, 0.2) is 24.3 Å². The number of aliphatic carboxylic acids is 1. The quantitative estimate of drug-likeness (QED) is 0.842. The van der Waals surface area contributed by atoms with Crippen LogP contribution in [0.1, 0.15) is 37.7 Å². The molecular weight excluding hydrogens is 340 g/mol. The third-order valence-electron chi connectivity index (χ3n) is 5.44. The molecule has 1 aliphatic carbocycles. The minimum Gasteiger partial charge on any atom is -0.481 e. The van der Waals surface area contributed by atoms with Crippen molar-refractivity contribution in [3.8, 4) is 0 Å². The Morgan fingerprint density at radius 2 is 1.80 bits per heavy atom. The molecule has 0 aromatic heterocycles. The molecule has 0 unspecified atom stereocenters. The van der Waals surface area contributed by atoms with Gasteiger partial charge in [0, 0.05) is 36.6 Å². The summed E-state index contributed by atoms with van der Waals surface area (Å²) in [6, 6.07) is 8.09. The molecular formula is C19H25ClN2O3. The summed E-state index contributed by atoms with van der Waals surface area (Å²) < 4.78 is 0. The number of carbonyl (C=O) groups excluding carboxylic acids is 1. The maximum absolute atomic E-state index is 12.4. The zero-order chi connectivity index (χ0) is 17.8. The second-order valence-electron chi connectivity index (χ2n) is 7.20. The van der Waals surface area contributed by atoms with Gasteiger partial charge in [-0.25, -0.2) is 0 Å². The average molecular weight is 365 g/mol. The number of likely N-dealkylation sites (tertiary alicyclic amines) is 1. The number of hydrogen-bond donors (Lipinski definition) is 2. The van der Waals surface area contributed by atoms with Crippen molar-refractivity contribution in [3.05, 3.63) is 34.9 Å². The molecule has 1 aromatic carbocycles. The van der Waals surface area contributed by atoms with E-state index in [-0.39, 0.29) is 23.8 Å². The van der Waals surface area contributed by atoms with Crippen molar-refractivity contribution in [2.45, 2.75) is 44.7 Å². The van der Waals surface area contributed by atoms with Gasteiger partial charge in [-0.05, 0) is 43.7 Å². The van der Waals surface area contributed by atoms with Crippen LogP contribution in [0.25, 0.3) is 0 Å². The summed E-state index contributed by atoms with van der Waals surface area (Å²) in [6.07, 6.45) is 3.63. The second kappa shape index (κ2) is 8.19. The van der Waals surface area contributed by atoms with Crippen molar-refractivity contribution >= 4 is 23.5 Å². The first-order valence-electron chi connectivity index (χ1n) is 9.02. The van der Waals surface area contributed by atoms with Crippen molar-refractivity contribution in [1.29, 1.82) is 0 Å². The smallest absolute Gasteiger partial charge is 0.306 e. The number of nitrogens with one attached hydrogen (secondary N) is 1. The molecule has 1 aliphatic heterocycles. The molecule has 1 saturated carbocycles. The predicted octanol–water partition coefficient (Wildman–Crippen LogP) is 2.92. The van der Waals surface area contributed by atoms with Crippen LogP contribution in [0.3, 0.4) is 0 Å². The van der Waals surface area contributed by atoms with Crippen molar-refractivity contribution in [2.75, 3.05) is 13.1 Å². The van der Waals surface area contributed by atoms with Crippen LogP contribution in [0.5, 0.6) is 0 Å². The van der Waals surface area contributed by atoms with E-state index < -0.39 is 5.97 Å². The molecule has 2 aliphatic rings. The van der Waals surface area contributed by atoms with Gasteiger partial charge in [-0.2, -0.15) is 0 Å². The van der Waals surface area contributed by atoms with Crippen molar-refractivity contribution < 1.29 is 14.7 Å². The molecule has 5 nitrogen and oxygen atoms in total. The molecule has 0 radical (unpaired) electrons. The van der Waals surface area contributed by atoms with Crippen LogP contribution < -0.4 is 5.32 Å². The predicted molar refractivity (Wildman–Crippen MR) is 96.4 cm³/mol. The topological polar surface area (TPSA) is 69.6 Å². The van der Waals surface area contributed by atoms with Gasteiger partial charge in [0.2, 0.25) is 5.91 Å². The Hall–Kier alpha value is -1.59. The molecule has 2 atom stereocenters. The minimum absolute atomic E-state index is 0.0355. The Morgan fingerprint density at radius 1 is 1.12 bits per heavy atom. The zero-order valence-corrected chi connectivity index (χ0v) is 15.0. The van der Waals surface area contributed by atoms with Gasteiger partial charge in [0.05, 0.1) is 5.92 Å². The van der Waals surface area contributed by atoms with Crippen molar-refractivity contribution in [1.82, 2.24) is 10.2 Å². The largest absolute Gasteiger partial charge is 0.481 e. The van der Waals surface area contributed by atoms with Gasteiger partial charge in [0.25, 0.3) is 0 Å². The van der Waals surface area contributed by atoms with E-state index in [1.807, 2.05) is 18.2 Å². The summed E-state index contributed by atoms with van der Waals surface area (Å²) in [5.41, 5.74) is 1.14. The lowest BCUT2D eigenvalue weighted by Crippen LogP contribution is -2.45. The van der Waals surface area contributed by atoms with Crippen LogP contribution in [-0.2, 0) is 16.1 Å². The number of benzene rings is 1. The molecule has 1 heterocycles. The number of nitrogens with zero attached hydrogens (tertiary/aromatic N) is 1. The van der Waals surface area contributed by atoms with E-state index in [9.17, 15) is 9.59 Å². The zero-order valence-electron chi connectivity index (χ0n) is 14.3. The Bertz CT molecular complexity index is 629. The van der Waals surface area contributed by atoms with Gasteiger partial charge in [-0.1, -0.05) is 29.8 Å². The number of hydrogen-bond acceptors (Lipinski definition) is 3. The van der Waals surface area contributed by atoms with Crippen LogP contribution in [0.2, 0.25) is 5.02 Å². The third kappa shape index (κ3) is 4.73. The van der Waals surface area contributed by atoms with Crippen LogP contribution in [0, 0.1) is 11.8 Å². The summed E-state index contributed by atoms with van der Waals surface area (Å²) >= 11 is 6.22. The minimum atomic E-state index is -0.775. The molecule has 1 amide bonds. The maximum Gasteiger partial charge on any atom is 0.306 e. The van der Waals surface area contributed by atoms with Crippen LogP contribution in [-0.4, -0.2) is 41.0 Å². The first-order valence-corrected chi connectivity index (χ1v) is 9.39. The summed E-state index contributed by atoms with van der Waals surface area (Å²) in [6.45, 7) is 2.69.